The highest BCUT2D eigenvalue weighted by atomic mass is 16.8. The van der Waals surface area contributed by atoms with Gasteiger partial charge in [-0.15, -0.1) is 0 Å². The molecule has 6 rings (SSSR count). The summed E-state index contributed by atoms with van der Waals surface area (Å²) < 4.78 is 81.8. The molecule has 0 saturated carbocycles. The number of unbranched alkanes of at least 4 members (excludes halogenated alkanes) is 8. The molecule has 0 radical (unpaired) electrons. The van der Waals surface area contributed by atoms with E-state index in [0.29, 0.717) is 25.7 Å². The number of ether oxygens (including phenoxy) is 13. The maximum absolute atomic E-state index is 14.3. The van der Waals surface area contributed by atoms with Crippen LogP contribution in [-0.4, -0.2) is 218 Å². The highest BCUT2D eigenvalue weighted by Crippen LogP contribution is 2.39. The molecule has 6 aliphatic heterocycles. The highest BCUT2D eigenvalue weighted by molar-refractivity contribution is 5.72. The number of hydrogen-bond acceptors (Lipinski definition) is 24. The highest BCUT2D eigenvalue weighted by Gasteiger charge is 2.58. The lowest BCUT2D eigenvalue weighted by atomic mass is 9.95. The van der Waals surface area contributed by atoms with Crippen LogP contribution in [0, 0.1) is 5.92 Å². The van der Waals surface area contributed by atoms with Crippen LogP contribution in [0.3, 0.4) is 0 Å². The Bertz CT molecular complexity index is 1950. The van der Waals surface area contributed by atoms with Gasteiger partial charge >= 0.3 is 17.9 Å². The summed E-state index contributed by atoms with van der Waals surface area (Å²) in [6, 6.07) is 0. The molecule has 4 bridgehead atoms. The standard InChI is InChI=1S/C61H106O24/c1-10-13-15-16-18-22-27-31-40(63)80-55-54(85-57-45(68)43(66)41(64)33(5)73-57)51(82-58-46(69)44(67)49(35(7)75-58)81-56(72)32(4)12-3)37(9)77-61(55)83-50-36(8)76-60-48(71)53(50)79-39(62)30-26-23-20-17-19-21-25-29-38(28-24-14-11-2)78-59-47(70)52(84-60)42(65)34(6)74-59/h32-38,41-55,57-61,64-71H,10-31H2,1-9H3/t32-,33-,34+,35-,36-,37-,38-,41-,42-,43+,44-,45+,46+,47+,48+,49-,50-,51-,52-,53-,54+,55+,57-,58-,59+,60-,61-/m0/s1. The number of rotatable bonds is 22. The van der Waals surface area contributed by atoms with E-state index in [1.165, 1.54) is 20.8 Å². The summed E-state index contributed by atoms with van der Waals surface area (Å²) in [6.07, 6.45) is -21.4. The number of aliphatic hydroxyl groups is 8. The van der Waals surface area contributed by atoms with Crippen LogP contribution in [0.4, 0.5) is 0 Å². The van der Waals surface area contributed by atoms with Crippen molar-refractivity contribution in [3.8, 4) is 0 Å². The van der Waals surface area contributed by atoms with Gasteiger partial charge in [0.2, 0.25) is 0 Å². The molecule has 8 N–H and O–H groups in total. The monoisotopic (exact) mass is 1220 g/mol. The first-order chi connectivity index (χ1) is 40.6. The van der Waals surface area contributed by atoms with Gasteiger partial charge in [-0.1, -0.05) is 124 Å². The molecule has 0 amide bonds. The van der Waals surface area contributed by atoms with Gasteiger partial charge < -0.3 is 102 Å². The van der Waals surface area contributed by atoms with Gasteiger partial charge in [0, 0.05) is 12.8 Å². The average molecular weight is 1220 g/mol. The fourth-order valence-corrected chi connectivity index (χ4v) is 12.0. The Labute approximate surface area is 502 Å². The van der Waals surface area contributed by atoms with E-state index in [0.717, 1.165) is 103 Å². The first kappa shape index (κ1) is 71.8. The Kier molecular flexibility index (Phi) is 29.8. The quantitative estimate of drug-likeness (QED) is 0.0419. The zero-order valence-corrected chi connectivity index (χ0v) is 51.8. The van der Waals surface area contributed by atoms with Crippen LogP contribution in [-0.2, 0) is 76.0 Å². The van der Waals surface area contributed by atoms with E-state index >= 15 is 0 Å². The molecule has 27 atom stereocenters. The molecule has 0 aromatic heterocycles. The second kappa shape index (κ2) is 35.3. The first-order valence-corrected chi connectivity index (χ1v) is 32.2. The van der Waals surface area contributed by atoms with Crippen molar-refractivity contribution in [3.05, 3.63) is 0 Å². The van der Waals surface area contributed by atoms with E-state index < -0.39 is 177 Å². The number of hydrogen-bond donors (Lipinski definition) is 8. The summed E-state index contributed by atoms with van der Waals surface area (Å²) in [5, 5.41) is 92.2. The summed E-state index contributed by atoms with van der Waals surface area (Å²) in [6.45, 7) is 15.3. The first-order valence-electron chi connectivity index (χ1n) is 32.2. The largest absolute Gasteiger partial charge is 0.457 e. The van der Waals surface area contributed by atoms with Crippen LogP contribution < -0.4 is 0 Å². The van der Waals surface area contributed by atoms with Crippen LogP contribution in [0.25, 0.3) is 0 Å². The predicted octanol–water partition coefficient (Wildman–Crippen LogP) is 4.55. The molecule has 494 valence electrons. The molecule has 0 spiro atoms. The van der Waals surface area contributed by atoms with Gasteiger partial charge in [-0.3, -0.25) is 14.4 Å². The Morgan fingerprint density at radius 1 is 0.471 bits per heavy atom. The third kappa shape index (κ3) is 19.8. The minimum atomic E-state index is -1.91. The minimum absolute atomic E-state index is 0.0268. The minimum Gasteiger partial charge on any atom is -0.457 e. The number of esters is 3. The van der Waals surface area contributed by atoms with Gasteiger partial charge in [0.05, 0.1) is 42.5 Å². The van der Waals surface area contributed by atoms with Crippen LogP contribution >= 0.6 is 0 Å². The Morgan fingerprint density at radius 2 is 0.988 bits per heavy atom. The molecule has 0 aromatic carbocycles. The van der Waals surface area contributed by atoms with Crippen LogP contribution in [0.2, 0.25) is 0 Å². The molecule has 6 heterocycles. The van der Waals surface area contributed by atoms with E-state index in [4.69, 9.17) is 61.6 Å². The molecule has 0 aliphatic carbocycles. The van der Waals surface area contributed by atoms with Crippen LogP contribution in [0.5, 0.6) is 0 Å². The lowest BCUT2D eigenvalue weighted by molar-refractivity contribution is -0.398. The third-order valence-corrected chi connectivity index (χ3v) is 17.7. The van der Waals surface area contributed by atoms with Crippen molar-refractivity contribution in [2.24, 2.45) is 5.92 Å². The number of aliphatic hydroxyl groups excluding tert-OH is 8. The molecule has 0 aromatic rings. The van der Waals surface area contributed by atoms with E-state index in [2.05, 4.69) is 13.8 Å². The number of carbonyl (C=O) groups excluding carboxylic acids is 3. The van der Waals surface area contributed by atoms with Crippen LogP contribution in [0.1, 0.15) is 204 Å². The van der Waals surface area contributed by atoms with Crippen LogP contribution in [0.15, 0.2) is 0 Å². The van der Waals surface area contributed by atoms with Gasteiger partial charge in [0.1, 0.15) is 73.2 Å². The van der Waals surface area contributed by atoms with E-state index in [1.54, 1.807) is 27.7 Å². The summed E-state index contributed by atoms with van der Waals surface area (Å²) in [4.78, 5) is 41.2. The maximum Gasteiger partial charge on any atom is 0.309 e. The molecule has 24 heteroatoms. The Hall–Kier alpha value is -2.31. The van der Waals surface area contributed by atoms with Gasteiger partial charge in [0.15, 0.2) is 49.8 Å². The molecule has 24 nitrogen and oxygen atoms in total. The van der Waals surface area contributed by atoms with E-state index in [9.17, 15) is 55.2 Å². The van der Waals surface area contributed by atoms with Gasteiger partial charge in [0.25, 0.3) is 0 Å². The molecule has 6 aliphatic rings. The Balaban J connectivity index is 1.35. The number of fused-ring (bicyclic) bond motifs is 4. The van der Waals surface area contributed by atoms with Gasteiger partial charge in [-0.2, -0.15) is 0 Å². The summed E-state index contributed by atoms with van der Waals surface area (Å²) in [7, 11) is 0. The maximum atomic E-state index is 14.3. The second-order valence-corrected chi connectivity index (χ2v) is 24.6. The van der Waals surface area contributed by atoms with Crippen molar-refractivity contribution >= 4 is 17.9 Å². The van der Waals surface area contributed by atoms with Gasteiger partial charge in [-0.25, -0.2) is 0 Å². The average Bonchev–Trinajstić information content (AvgIpc) is 1.74. The fourth-order valence-electron chi connectivity index (χ4n) is 12.0. The van der Waals surface area contributed by atoms with Crippen molar-refractivity contribution in [1.82, 2.24) is 0 Å². The SMILES string of the molecule is CCCCCCCCCC(=O)O[C@H]1[C@H](O[C@@H]2[C@H]3OC(=O)CCCCCCCCC[C@H](CCCCC)O[C@H]4O[C@H](C)[C@H](O)[C@H](O[C@H](O[C@H]2C)[C@@H]3O)[C@H]4O)O[C@@H](C)[C@H](O[C@@H]2O[C@@H](C)[C@H](OC(=O)[C@@H](C)CC)[C@@H](O)[C@H]2O)[C@H]1O[C@@H]1O[C@@H](C)[C@H](O)[C@@H](O)[C@H]1O. The molecule has 0 unspecified atom stereocenters. The third-order valence-electron chi connectivity index (χ3n) is 17.7. The molecular weight excluding hydrogens is 1120 g/mol. The summed E-state index contributed by atoms with van der Waals surface area (Å²) in [5.74, 6) is -2.58. The summed E-state index contributed by atoms with van der Waals surface area (Å²) in [5.41, 5.74) is 0. The smallest absolute Gasteiger partial charge is 0.309 e. The Morgan fingerprint density at radius 3 is 1.67 bits per heavy atom. The fraction of sp³-hybridized carbons (Fsp3) is 0.951. The molecule has 6 saturated heterocycles. The molecule has 85 heavy (non-hydrogen) atoms. The lowest BCUT2D eigenvalue weighted by Crippen LogP contribution is -2.68. The topological polar surface area (TPSA) is 333 Å². The van der Waals surface area contributed by atoms with Crippen molar-refractivity contribution in [2.75, 3.05) is 0 Å². The van der Waals surface area contributed by atoms with Crippen molar-refractivity contribution in [1.29, 1.82) is 0 Å². The van der Waals surface area contributed by atoms with Crippen molar-refractivity contribution in [2.45, 2.75) is 363 Å². The van der Waals surface area contributed by atoms with Gasteiger partial charge in [-0.05, 0) is 66.7 Å². The van der Waals surface area contributed by atoms with E-state index in [1.807, 2.05) is 0 Å². The summed E-state index contributed by atoms with van der Waals surface area (Å²) >= 11 is 0. The molecular formula is C61H106O24. The lowest BCUT2D eigenvalue weighted by Gasteiger charge is -2.51. The molecule has 6 fully saturated rings. The predicted molar refractivity (Wildman–Crippen MR) is 301 cm³/mol. The number of carbonyl (C=O) groups is 3. The van der Waals surface area contributed by atoms with Crippen molar-refractivity contribution < 1.29 is 117 Å². The van der Waals surface area contributed by atoms with Crippen molar-refractivity contribution in [3.63, 3.8) is 0 Å². The second-order valence-electron chi connectivity index (χ2n) is 24.6. The normalized spacial score (nSPS) is 42.3. The zero-order valence-electron chi connectivity index (χ0n) is 51.8. The zero-order chi connectivity index (χ0) is 62.1. The van der Waals surface area contributed by atoms with E-state index in [-0.39, 0.29) is 18.9 Å².